The van der Waals surface area contributed by atoms with Gasteiger partial charge in [-0.15, -0.1) is 0 Å². The minimum Gasteiger partial charge on any atom is -0.0648 e. The first-order chi connectivity index (χ1) is 11.3. The van der Waals surface area contributed by atoms with E-state index in [1.165, 1.54) is 16.7 Å². The Hall–Kier alpha value is -2.28. The molecule has 0 aliphatic carbocycles. The number of benzene rings is 3. The fourth-order valence-electron chi connectivity index (χ4n) is 3.59. The highest BCUT2D eigenvalue weighted by Crippen LogP contribution is 2.43. The summed E-state index contributed by atoms with van der Waals surface area (Å²) in [5.74, 6) is 0.327. The Labute approximate surface area is 140 Å². The second kappa shape index (κ2) is 6.87. The molecule has 0 N–H and O–H groups in total. The standard InChI is InChI=1S/C22H22B/c1-2-21(18-12-6-3-7-13-18)22(23,19-14-8-4-9-15-19)20-16-10-5-11-17-20/h3-17,21,23H,2H2,1H3. The Balaban J connectivity index is 2.19. The van der Waals surface area contributed by atoms with E-state index in [2.05, 4.69) is 97.9 Å². The van der Waals surface area contributed by atoms with Gasteiger partial charge in [-0.1, -0.05) is 97.9 Å². The van der Waals surface area contributed by atoms with Gasteiger partial charge in [0.15, 0.2) is 0 Å². The summed E-state index contributed by atoms with van der Waals surface area (Å²) in [6.45, 7) is 2.25. The van der Waals surface area contributed by atoms with E-state index in [4.69, 9.17) is 7.85 Å². The van der Waals surface area contributed by atoms with Crippen molar-refractivity contribution in [3.8, 4) is 0 Å². The van der Waals surface area contributed by atoms with Gasteiger partial charge in [0.2, 0.25) is 0 Å². The Bertz CT molecular complexity index is 680. The topological polar surface area (TPSA) is 0 Å². The second-order valence-corrected chi connectivity index (χ2v) is 6.07. The van der Waals surface area contributed by atoms with Crippen LogP contribution >= 0.6 is 0 Å². The molecule has 0 aromatic heterocycles. The van der Waals surface area contributed by atoms with Gasteiger partial charge in [0.1, 0.15) is 7.85 Å². The van der Waals surface area contributed by atoms with E-state index in [0.29, 0.717) is 5.92 Å². The van der Waals surface area contributed by atoms with Crippen molar-refractivity contribution in [1.29, 1.82) is 0 Å². The van der Waals surface area contributed by atoms with Crippen molar-refractivity contribution in [2.24, 2.45) is 0 Å². The molecule has 0 fully saturated rings. The van der Waals surface area contributed by atoms with E-state index in [0.717, 1.165) is 6.42 Å². The van der Waals surface area contributed by atoms with Gasteiger partial charge in [0.25, 0.3) is 0 Å². The molecule has 0 saturated heterocycles. The molecule has 0 amide bonds. The summed E-state index contributed by atoms with van der Waals surface area (Å²) >= 11 is 0. The molecule has 113 valence electrons. The predicted octanol–water partition coefficient (Wildman–Crippen LogP) is 5.02. The van der Waals surface area contributed by atoms with Gasteiger partial charge in [-0.25, -0.2) is 0 Å². The van der Waals surface area contributed by atoms with Crippen LogP contribution in [0.4, 0.5) is 0 Å². The highest BCUT2D eigenvalue weighted by molar-refractivity contribution is 6.19. The lowest BCUT2D eigenvalue weighted by atomic mass is 9.51. The summed E-state index contributed by atoms with van der Waals surface area (Å²) in [6.07, 6.45) is 1.04. The molecule has 1 heteroatoms. The van der Waals surface area contributed by atoms with Crippen LogP contribution in [-0.2, 0) is 5.31 Å². The maximum atomic E-state index is 4.76. The van der Waals surface area contributed by atoms with E-state index < -0.39 is 0 Å². The molecule has 0 aliphatic rings. The van der Waals surface area contributed by atoms with E-state index >= 15 is 0 Å². The van der Waals surface area contributed by atoms with E-state index in [9.17, 15) is 0 Å². The molecule has 0 bridgehead atoms. The van der Waals surface area contributed by atoms with Crippen LogP contribution in [0.1, 0.15) is 36.0 Å². The fourth-order valence-corrected chi connectivity index (χ4v) is 3.59. The first-order valence-electron chi connectivity index (χ1n) is 8.28. The third-order valence-electron chi connectivity index (χ3n) is 4.78. The highest BCUT2D eigenvalue weighted by atomic mass is 14.4. The molecular weight excluding hydrogens is 275 g/mol. The molecule has 1 radical (unpaired) electrons. The van der Waals surface area contributed by atoms with Crippen LogP contribution in [0, 0.1) is 0 Å². The smallest absolute Gasteiger partial charge is 0.0648 e. The summed E-state index contributed by atoms with van der Waals surface area (Å²) in [7, 11) is 4.76. The predicted molar refractivity (Wildman–Crippen MR) is 100 cm³/mol. The van der Waals surface area contributed by atoms with Crippen LogP contribution in [0.3, 0.4) is 0 Å². The highest BCUT2D eigenvalue weighted by Gasteiger charge is 2.36. The lowest BCUT2D eigenvalue weighted by Crippen LogP contribution is -2.35. The van der Waals surface area contributed by atoms with Gasteiger partial charge >= 0.3 is 0 Å². The Morgan fingerprint density at radius 3 is 1.48 bits per heavy atom. The number of rotatable bonds is 5. The van der Waals surface area contributed by atoms with Crippen molar-refractivity contribution in [1.82, 2.24) is 0 Å². The monoisotopic (exact) mass is 297 g/mol. The van der Waals surface area contributed by atoms with Crippen molar-refractivity contribution in [3.63, 3.8) is 0 Å². The lowest BCUT2D eigenvalue weighted by molar-refractivity contribution is 0.531. The van der Waals surface area contributed by atoms with Crippen molar-refractivity contribution in [2.75, 3.05) is 0 Å². The average Bonchev–Trinajstić information content (AvgIpc) is 2.64. The quantitative estimate of drug-likeness (QED) is 0.580. The summed E-state index contributed by atoms with van der Waals surface area (Å²) in [5.41, 5.74) is 3.88. The van der Waals surface area contributed by atoms with Gasteiger partial charge in [-0.05, 0) is 34.3 Å². The normalized spacial score (nSPS) is 12.7. The van der Waals surface area contributed by atoms with Crippen LogP contribution in [0.25, 0.3) is 0 Å². The third kappa shape index (κ3) is 2.96. The van der Waals surface area contributed by atoms with Gasteiger partial charge in [0.05, 0.1) is 0 Å². The Morgan fingerprint density at radius 1 is 0.696 bits per heavy atom. The molecule has 1 atom stereocenters. The van der Waals surface area contributed by atoms with Gasteiger partial charge in [0, 0.05) is 0 Å². The maximum absolute atomic E-state index is 4.76. The van der Waals surface area contributed by atoms with Gasteiger partial charge in [-0.2, -0.15) is 0 Å². The van der Waals surface area contributed by atoms with Crippen molar-refractivity contribution < 1.29 is 0 Å². The van der Waals surface area contributed by atoms with Gasteiger partial charge in [-0.3, -0.25) is 0 Å². The molecular formula is C22H22B. The van der Waals surface area contributed by atoms with Crippen molar-refractivity contribution in [2.45, 2.75) is 24.6 Å². The van der Waals surface area contributed by atoms with E-state index in [1.54, 1.807) is 0 Å². The Morgan fingerprint density at radius 2 is 1.09 bits per heavy atom. The SMILES string of the molecule is [BH]C(c1ccccc1)(c1ccccc1)C(CC)c1ccccc1. The average molecular weight is 297 g/mol. The van der Waals surface area contributed by atoms with Gasteiger partial charge < -0.3 is 0 Å². The molecule has 0 saturated carbocycles. The number of hydrogen-bond donors (Lipinski definition) is 0. The third-order valence-corrected chi connectivity index (χ3v) is 4.78. The maximum Gasteiger partial charge on any atom is 0.108 e. The van der Waals surface area contributed by atoms with Crippen molar-refractivity contribution in [3.05, 3.63) is 108 Å². The first kappa shape index (κ1) is 15.6. The summed E-state index contributed by atoms with van der Waals surface area (Å²) in [4.78, 5) is 0. The first-order valence-corrected chi connectivity index (χ1v) is 8.28. The lowest BCUT2D eigenvalue weighted by Gasteiger charge is -2.39. The number of hydrogen-bond acceptors (Lipinski definition) is 0. The minimum absolute atomic E-state index is 0.293. The van der Waals surface area contributed by atoms with Crippen LogP contribution in [-0.4, -0.2) is 7.85 Å². The summed E-state index contributed by atoms with van der Waals surface area (Å²) < 4.78 is 0. The van der Waals surface area contributed by atoms with E-state index in [1.807, 2.05) is 0 Å². The summed E-state index contributed by atoms with van der Waals surface area (Å²) in [6, 6.07) is 32.1. The van der Waals surface area contributed by atoms with Crippen molar-refractivity contribution >= 4 is 7.85 Å². The van der Waals surface area contributed by atoms with Crippen LogP contribution < -0.4 is 0 Å². The van der Waals surface area contributed by atoms with Crippen LogP contribution in [0.15, 0.2) is 91.0 Å². The fraction of sp³-hybridized carbons (Fsp3) is 0.182. The summed E-state index contributed by atoms with van der Waals surface area (Å²) in [5, 5.41) is -0.293. The molecule has 3 rings (SSSR count). The largest absolute Gasteiger partial charge is 0.108 e. The second-order valence-electron chi connectivity index (χ2n) is 6.07. The van der Waals surface area contributed by atoms with Crippen LogP contribution in [0.5, 0.6) is 0 Å². The molecule has 3 aromatic rings. The van der Waals surface area contributed by atoms with E-state index in [-0.39, 0.29) is 5.31 Å². The zero-order valence-corrected chi connectivity index (χ0v) is 13.7. The zero-order valence-electron chi connectivity index (χ0n) is 13.7. The molecule has 3 aromatic carbocycles. The molecule has 0 heterocycles. The molecule has 0 aliphatic heterocycles. The Kier molecular flexibility index (Phi) is 4.66. The molecule has 1 unspecified atom stereocenters. The molecule has 0 nitrogen and oxygen atoms in total. The zero-order chi connectivity index (χ0) is 16.1. The molecule has 0 spiro atoms. The molecule has 23 heavy (non-hydrogen) atoms. The minimum atomic E-state index is -0.293. The van der Waals surface area contributed by atoms with Crippen LogP contribution in [0.2, 0.25) is 0 Å².